The molecule has 0 saturated heterocycles. The van der Waals surface area contributed by atoms with Gasteiger partial charge in [0.15, 0.2) is 5.96 Å². The third-order valence-electron chi connectivity index (χ3n) is 3.06. The smallest absolute Gasteiger partial charge is 0.188 e. The molecule has 100 valence electrons. The number of nitrogens with one attached hydrogen (secondary N) is 1. The van der Waals surface area contributed by atoms with Gasteiger partial charge in [0.2, 0.25) is 0 Å². The fourth-order valence-electron chi connectivity index (χ4n) is 1.98. The van der Waals surface area contributed by atoms with Gasteiger partial charge in [-0.25, -0.2) is 0 Å². The monoisotopic (exact) mass is 241 g/mol. The molecular formula is C13H27N3O. The molecule has 0 radical (unpaired) electrons. The first-order valence-corrected chi connectivity index (χ1v) is 6.82. The van der Waals surface area contributed by atoms with E-state index in [9.17, 15) is 0 Å². The third-order valence-corrected chi connectivity index (χ3v) is 3.06. The molecule has 0 aromatic carbocycles. The van der Waals surface area contributed by atoms with Gasteiger partial charge in [0, 0.05) is 12.6 Å². The van der Waals surface area contributed by atoms with Crippen molar-refractivity contribution < 1.29 is 4.74 Å². The van der Waals surface area contributed by atoms with Gasteiger partial charge in [-0.3, -0.25) is 4.99 Å². The summed E-state index contributed by atoms with van der Waals surface area (Å²) in [6, 6.07) is 0.542. The summed E-state index contributed by atoms with van der Waals surface area (Å²) < 4.78 is 5.47. The molecule has 1 fully saturated rings. The molecule has 0 amide bonds. The van der Waals surface area contributed by atoms with E-state index >= 15 is 0 Å². The lowest BCUT2D eigenvalue weighted by molar-refractivity contribution is 0.130. The molecule has 0 unspecified atom stereocenters. The van der Waals surface area contributed by atoms with Crippen molar-refractivity contribution in [3.8, 4) is 0 Å². The number of nitrogens with two attached hydrogens (primary N) is 1. The number of hydrogen-bond acceptors (Lipinski definition) is 2. The predicted octanol–water partition coefficient (Wildman–Crippen LogP) is 1.90. The van der Waals surface area contributed by atoms with E-state index in [0.29, 0.717) is 31.1 Å². The Morgan fingerprint density at radius 1 is 1.35 bits per heavy atom. The highest BCUT2D eigenvalue weighted by Crippen LogP contribution is 2.17. The topological polar surface area (TPSA) is 59.6 Å². The molecule has 0 heterocycles. The lowest BCUT2D eigenvalue weighted by Gasteiger charge is -2.12. The second kappa shape index (κ2) is 8.34. The van der Waals surface area contributed by atoms with E-state index in [1.165, 1.54) is 25.7 Å². The van der Waals surface area contributed by atoms with Crippen LogP contribution in [-0.2, 0) is 4.74 Å². The normalized spacial score (nSPS) is 17.9. The van der Waals surface area contributed by atoms with Crippen molar-refractivity contribution in [2.45, 2.75) is 52.0 Å². The maximum Gasteiger partial charge on any atom is 0.188 e. The van der Waals surface area contributed by atoms with Crippen LogP contribution in [-0.4, -0.2) is 31.8 Å². The molecule has 0 aliphatic heterocycles. The molecule has 0 bridgehead atoms. The number of guanidine groups is 1. The van der Waals surface area contributed by atoms with Crippen LogP contribution in [0.25, 0.3) is 0 Å². The van der Waals surface area contributed by atoms with Gasteiger partial charge < -0.3 is 15.8 Å². The first kappa shape index (κ1) is 14.3. The molecule has 1 aliphatic rings. The van der Waals surface area contributed by atoms with Crippen LogP contribution in [0.2, 0.25) is 0 Å². The fourth-order valence-corrected chi connectivity index (χ4v) is 1.98. The molecule has 1 aliphatic carbocycles. The van der Waals surface area contributed by atoms with Crippen molar-refractivity contribution in [1.29, 1.82) is 0 Å². The van der Waals surface area contributed by atoms with Gasteiger partial charge in [-0.05, 0) is 25.2 Å². The van der Waals surface area contributed by atoms with Crippen molar-refractivity contribution in [3.05, 3.63) is 0 Å². The van der Waals surface area contributed by atoms with Crippen molar-refractivity contribution in [3.63, 3.8) is 0 Å². The second-order valence-corrected chi connectivity index (χ2v) is 5.19. The van der Waals surface area contributed by atoms with Gasteiger partial charge in [-0.2, -0.15) is 0 Å². The minimum atomic E-state index is 0.542. The number of nitrogens with zero attached hydrogens (tertiary/aromatic N) is 1. The Morgan fingerprint density at radius 2 is 2.06 bits per heavy atom. The minimum Gasteiger partial charge on any atom is -0.380 e. The van der Waals surface area contributed by atoms with Crippen LogP contribution in [0, 0.1) is 5.92 Å². The SMILES string of the molecule is CC(C)CCOCCN=C(N)NC1CCCC1. The minimum absolute atomic E-state index is 0.542. The number of aliphatic imine (C=N–C) groups is 1. The summed E-state index contributed by atoms with van der Waals surface area (Å²) in [5.74, 6) is 1.27. The molecule has 0 atom stereocenters. The van der Waals surface area contributed by atoms with E-state index in [1.807, 2.05) is 0 Å². The number of hydrogen-bond donors (Lipinski definition) is 2. The summed E-state index contributed by atoms with van der Waals surface area (Å²) >= 11 is 0. The average Bonchev–Trinajstić information content (AvgIpc) is 2.75. The highest BCUT2D eigenvalue weighted by atomic mass is 16.5. The Kier molecular flexibility index (Phi) is 7.01. The molecule has 17 heavy (non-hydrogen) atoms. The molecule has 0 spiro atoms. The second-order valence-electron chi connectivity index (χ2n) is 5.19. The number of ether oxygens (including phenoxy) is 1. The van der Waals surface area contributed by atoms with Gasteiger partial charge >= 0.3 is 0 Å². The predicted molar refractivity (Wildman–Crippen MR) is 72.2 cm³/mol. The molecule has 1 saturated carbocycles. The van der Waals surface area contributed by atoms with Crippen LogP contribution in [0.4, 0.5) is 0 Å². The van der Waals surface area contributed by atoms with Crippen LogP contribution in [0.5, 0.6) is 0 Å². The quantitative estimate of drug-likeness (QED) is 0.406. The van der Waals surface area contributed by atoms with Crippen LogP contribution in [0.1, 0.15) is 46.0 Å². The lowest BCUT2D eigenvalue weighted by Crippen LogP contribution is -2.38. The molecule has 4 heteroatoms. The lowest BCUT2D eigenvalue weighted by atomic mass is 10.1. The van der Waals surface area contributed by atoms with Gasteiger partial charge in [-0.15, -0.1) is 0 Å². The van der Waals surface area contributed by atoms with Crippen molar-refractivity contribution in [2.75, 3.05) is 19.8 Å². The molecule has 3 N–H and O–H groups in total. The van der Waals surface area contributed by atoms with E-state index < -0.39 is 0 Å². The first-order valence-electron chi connectivity index (χ1n) is 6.82. The van der Waals surface area contributed by atoms with Gasteiger partial charge in [0.05, 0.1) is 13.2 Å². The highest BCUT2D eigenvalue weighted by Gasteiger charge is 2.14. The first-order chi connectivity index (χ1) is 8.18. The van der Waals surface area contributed by atoms with E-state index in [0.717, 1.165) is 13.0 Å². The summed E-state index contributed by atoms with van der Waals surface area (Å²) in [6.07, 6.45) is 6.17. The molecule has 4 nitrogen and oxygen atoms in total. The van der Waals surface area contributed by atoms with E-state index in [4.69, 9.17) is 10.5 Å². The zero-order valence-corrected chi connectivity index (χ0v) is 11.2. The molecular weight excluding hydrogens is 214 g/mol. The van der Waals surface area contributed by atoms with Crippen LogP contribution >= 0.6 is 0 Å². The van der Waals surface area contributed by atoms with Gasteiger partial charge in [-0.1, -0.05) is 26.7 Å². The summed E-state index contributed by atoms with van der Waals surface area (Å²) in [6.45, 7) is 6.54. The zero-order valence-electron chi connectivity index (χ0n) is 11.2. The van der Waals surface area contributed by atoms with Crippen molar-refractivity contribution in [2.24, 2.45) is 16.6 Å². The Bertz CT molecular complexity index is 223. The van der Waals surface area contributed by atoms with E-state index in [2.05, 4.69) is 24.2 Å². The molecule has 0 aromatic heterocycles. The van der Waals surface area contributed by atoms with Crippen molar-refractivity contribution in [1.82, 2.24) is 5.32 Å². The standard InChI is InChI=1S/C13H27N3O/c1-11(2)7-9-17-10-8-15-13(14)16-12-5-3-4-6-12/h11-12H,3-10H2,1-2H3,(H3,14,15,16). The summed E-state index contributed by atoms with van der Waals surface area (Å²) in [4.78, 5) is 4.26. The van der Waals surface area contributed by atoms with Crippen LogP contribution < -0.4 is 11.1 Å². The fraction of sp³-hybridized carbons (Fsp3) is 0.923. The Morgan fingerprint density at radius 3 is 2.71 bits per heavy atom. The largest absolute Gasteiger partial charge is 0.380 e. The average molecular weight is 241 g/mol. The number of rotatable bonds is 7. The van der Waals surface area contributed by atoms with Gasteiger partial charge in [0.1, 0.15) is 0 Å². The van der Waals surface area contributed by atoms with Crippen molar-refractivity contribution >= 4 is 5.96 Å². The van der Waals surface area contributed by atoms with E-state index in [1.54, 1.807) is 0 Å². The zero-order chi connectivity index (χ0) is 12.5. The maximum absolute atomic E-state index is 5.80. The Balaban J connectivity index is 1.99. The molecule has 0 aromatic rings. The highest BCUT2D eigenvalue weighted by molar-refractivity contribution is 5.78. The summed E-state index contributed by atoms with van der Waals surface area (Å²) in [7, 11) is 0. The van der Waals surface area contributed by atoms with Gasteiger partial charge in [0.25, 0.3) is 0 Å². The Hall–Kier alpha value is -0.770. The maximum atomic E-state index is 5.80. The summed E-state index contributed by atoms with van der Waals surface area (Å²) in [5, 5.41) is 3.26. The van der Waals surface area contributed by atoms with E-state index in [-0.39, 0.29) is 0 Å². The summed E-state index contributed by atoms with van der Waals surface area (Å²) in [5.41, 5.74) is 5.80. The molecule has 1 rings (SSSR count). The van der Waals surface area contributed by atoms with Crippen LogP contribution in [0.15, 0.2) is 4.99 Å². The third kappa shape index (κ3) is 7.21. The Labute approximate surface area is 105 Å². The van der Waals surface area contributed by atoms with Crippen LogP contribution in [0.3, 0.4) is 0 Å².